The third-order valence-electron chi connectivity index (χ3n) is 4.26. The van der Waals surface area contributed by atoms with Gasteiger partial charge in [0.2, 0.25) is 11.7 Å². The number of nitrogens with zero attached hydrogens (tertiary/aromatic N) is 2. The van der Waals surface area contributed by atoms with Gasteiger partial charge in [-0.25, -0.2) is 18.7 Å². The summed E-state index contributed by atoms with van der Waals surface area (Å²) in [6.07, 6.45) is 0.0670. The quantitative estimate of drug-likeness (QED) is 0.748. The van der Waals surface area contributed by atoms with Crippen molar-refractivity contribution in [3.05, 3.63) is 21.4 Å². The molecule has 0 unspecified atom stereocenters. The minimum absolute atomic E-state index is 0.0682. The topological polar surface area (TPSA) is 97.0 Å². The highest BCUT2D eigenvalue weighted by molar-refractivity contribution is 7.13. The first kappa shape index (κ1) is 19.4. The third kappa shape index (κ3) is 4.68. The SMILES string of the molecule is CCC(=O)Oc1c(NC2CCC(F)(F)CC2)nc(-c2nc(C)cs2)[nH]c1=O. The predicted molar refractivity (Wildman–Crippen MR) is 97.5 cm³/mol. The average molecular weight is 398 g/mol. The fraction of sp³-hybridized carbons (Fsp3) is 0.529. The first-order valence-corrected chi connectivity index (χ1v) is 9.57. The van der Waals surface area contributed by atoms with Crippen LogP contribution >= 0.6 is 11.3 Å². The fourth-order valence-electron chi connectivity index (χ4n) is 2.78. The first-order chi connectivity index (χ1) is 12.8. The number of halogens is 2. The molecule has 1 fully saturated rings. The largest absolute Gasteiger partial charge is 0.417 e. The Labute approximate surface area is 158 Å². The van der Waals surface area contributed by atoms with Crippen molar-refractivity contribution in [2.45, 2.75) is 57.9 Å². The van der Waals surface area contributed by atoms with Gasteiger partial charge in [0.15, 0.2) is 16.6 Å². The maximum atomic E-state index is 13.4. The summed E-state index contributed by atoms with van der Waals surface area (Å²) in [5.41, 5.74) is 0.154. The number of anilines is 1. The molecule has 0 atom stereocenters. The Balaban J connectivity index is 1.93. The van der Waals surface area contributed by atoms with Gasteiger partial charge in [-0.05, 0) is 19.8 Å². The molecule has 1 aliphatic carbocycles. The second-order valence-corrected chi connectivity index (χ2v) is 7.35. The van der Waals surface area contributed by atoms with Crippen molar-refractivity contribution in [1.82, 2.24) is 15.0 Å². The van der Waals surface area contributed by atoms with Gasteiger partial charge in [-0.2, -0.15) is 0 Å². The second kappa shape index (κ2) is 7.71. The van der Waals surface area contributed by atoms with Gasteiger partial charge in [0.05, 0.1) is 0 Å². The van der Waals surface area contributed by atoms with Crippen LogP contribution in [0.25, 0.3) is 10.8 Å². The third-order valence-corrected chi connectivity index (χ3v) is 5.23. The van der Waals surface area contributed by atoms with Crippen LogP contribution in [0.3, 0.4) is 0 Å². The van der Waals surface area contributed by atoms with Gasteiger partial charge in [0.25, 0.3) is 5.56 Å². The summed E-state index contributed by atoms with van der Waals surface area (Å²) < 4.78 is 31.9. The summed E-state index contributed by atoms with van der Waals surface area (Å²) in [6, 6.07) is -0.288. The molecule has 0 saturated heterocycles. The van der Waals surface area contributed by atoms with Crippen molar-refractivity contribution in [2.75, 3.05) is 5.32 Å². The van der Waals surface area contributed by atoms with E-state index in [-0.39, 0.29) is 55.5 Å². The van der Waals surface area contributed by atoms with Crippen LogP contribution in [0.2, 0.25) is 0 Å². The summed E-state index contributed by atoms with van der Waals surface area (Å²) in [6.45, 7) is 3.42. The lowest BCUT2D eigenvalue weighted by Gasteiger charge is -2.29. The van der Waals surface area contributed by atoms with Crippen LogP contribution in [0.1, 0.15) is 44.7 Å². The molecule has 10 heteroatoms. The maximum absolute atomic E-state index is 13.4. The van der Waals surface area contributed by atoms with Crippen LogP contribution < -0.4 is 15.6 Å². The van der Waals surface area contributed by atoms with E-state index in [1.54, 1.807) is 6.92 Å². The minimum atomic E-state index is -2.67. The highest BCUT2D eigenvalue weighted by atomic mass is 32.1. The molecule has 2 heterocycles. The number of ether oxygens (including phenoxy) is 1. The van der Waals surface area contributed by atoms with Crippen molar-refractivity contribution in [1.29, 1.82) is 0 Å². The van der Waals surface area contributed by atoms with Crippen LogP contribution in [0, 0.1) is 6.92 Å². The smallest absolute Gasteiger partial charge is 0.311 e. The number of aryl methyl sites for hydroxylation is 1. The number of aromatic amines is 1. The molecule has 146 valence electrons. The Hall–Kier alpha value is -2.36. The van der Waals surface area contributed by atoms with E-state index in [2.05, 4.69) is 20.3 Å². The Morgan fingerprint density at radius 1 is 1.41 bits per heavy atom. The molecule has 0 spiro atoms. The lowest BCUT2D eigenvalue weighted by atomic mass is 9.92. The second-order valence-electron chi connectivity index (χ2n) is 6.49. The number of esters is 1. The zero-order chi connectivity index (χ0) is 19.6. The van der Waals surface area contributed by atoms with Crippen molar-refractivity contribution < 1.29 is 18.3 Å². The molecule has 2 N–H and O–H groups in total. The van der Waals surface area contributed by atoms with E-state index < -0.39 is 17.5 Å². The van der Waals surface area contributed by atoms with E-state index in [9.17, 15) is 18.4 Å². The van der Waals surface area contributed by atoms with E-state index in [4.69, 9.17) is 4.74 Å². The molecule has 2 aromatic rings. The number of alkyl halides is 2. The lowest BCUT2D eigenvalue weighted by molar-refractivity contribution is -0.134. The molecule has 0 aliphatic heterocycles. The van der Waals surface area contributed by atoms with Crippen LogP contribution in [0.4, 0.5) is 14.6 Å². The van der Waals surface area contributed by atoms with Gasteiger partial charge in [0.1, 0.15) is 0 Å². The molecule has 2 aromatic heterocycles. The van der Waals surface area contributed by atoms with Crippen molar-refractivity contribution in [3.8, 4) is 16.6 Å². The number of H-pyrrole nitrogens is 1. The number of hydrogen-bond acceptors (Lipinski definition) is 7. The predicted octanol–water partition coefficient (Wildman–Crippen LogP) is 3.51. The maximum Gasteiger partial charge on any atom is 0.311 e. The number of aromatic nitrogens is 3. The molecule has 0 radical (unpaired) electrons. The molecule has 0 aromatic carbocycles. The minimum Gasteiger partial charge on any atom is -0.417 e. The molecule has 1 saturated carbocycles. The number of thiazole rings is 1. The van der Waals surface area contributed by atoms with E-state index >= 15 is 0 Å². The van der Waals surface area contributed by atoms with Crippen LogP contribution in [-0.4, -0.2) is 32.9 Å². The average Bonchev–Trinajstić information content (AvgIpc) is 3.05. The Morgan fingerprint density at radius 3 is 2.70 bits per heavy atom. The molecule has 1 aliphatic rings. The van der Waals surface area contributed by atoms with Gasteiger partial charge in [-0.1, -0.05) is 6.92 Å². The normalized spacial score (nSPS) is 16.9. The molecule has 27 heavy (non-hydrogen) atoms. The van der Waals surface area contributed by atoms with Crippen LogP contribution in [-0.2, 0) is 4.79 Å². The summed E-state index contributed by atoms with van der Waals surface area (Å²) in [5.74, 6) is -3.20. The fourth-order valence-corrected chi connectivity index (χ4v) is 3.52. The van der Waals surface area contributed by atoms with Crippen molar-refractivity contribution in [2.24, 2.45) is 0 Å². The Kier molecular flexibility index (Phi) is 5.54. The molecular formula is C17H20F2N4O3S. The van der Waals surface area contributed by atoms with E-state index in [1.165, 1.54) is 11.3 Å². The number of rotatable bonds is 5. The first-order valence-electron chi connectivity index (χ1n) is 8.69. The highest BCUT2D eigenvalue weighted by Crippen LogP contribution is 2.35. The molecule has 7 nitrogen and oxygen atoms in total. The summed E-state index contributed by atoms with van der Waals surface area (Å²) in [7, 11) is 0. The van der Waals surface area contributed by atoms with Gasteiger partial charge < -0.3 is 15.0 Å². The molecule has 0 bridgehead atoms. The lowest BCUT2D eigenvalue weighted by Crippen LogP contribution is -2.33. The highest BCUT2D eigenvalue weighted by Gasteiger charge is 2.35. The zero-order valence-electron chi connectivity index (χ0n) is 15.0. The Morgan fingerprint density at radius 2 is 2.11 bits per heavy atom. The molecule has 3 rings (SSSR count). The molecular weight excluding hydrogens is 378 g/mol. The van der Waals surface area contributed by atoms with Gasteiger partial charge >= 0.3 is 5.97 Å². The number of hydrogen-bond donors (Lipinski definition) is 2. The van der Waals surface area contributed by atoms with E-state index in [1.807, 2.05) is 12.3 Å². The number of nitrogens with one attached hydrogen (secondary N) is 2. The van der Waals surface area contributed by atoms with E-state index in [0.29, 0.717) is 5.01 Å². The van der Waals surface area contributed by atoms with Gasteiger partial charge in [-0.3, -0.25) is 9.59 Å². The Bertz CT molecular complexity index is 887. The number of carbonyl (C=O) groups is 1. The van der Waals surface area contributed by atoms with E-state index in [0.717, 1.165) is 5.69 Å². The zero-order valence-corrected chi connectivity index (χ0v) is 15.8. The van der Waals surface area contributed by atoms with Crippen molar-refractivity contribution >= 4 is 23.1 Å². The summed E-state index contributed by atoms with van der Waals surface area (Å²) in [4.78, 5) is 35.4. The van der Waals surface area contributed by atoms with Crippen LogP contribution in [0.15, 0.2) is 10.2 Å². The standard InChI is InChI=1S/C17H20F2N4O3S/c1-3-11(24)26-12-13(21-10-4-6-17(18,19)7-5-10)22-14(23-15(12)25)16-20-9(2)8-27-16/h8,10H,3-7H2,1-2H3,(H2,21,22,23,25). The van der Waals surface area contributed by atoms with Crippen molar-refractivity contribution in [3.63, 3.8) is 0 Å². The van der Waals surface area contributed by atoms with Gasteiger partial charge in [0, 0.05) is 36.4 Å². The number of carbonyl (C=O) groups excluding carboxylic acids is 1. The van der Waals surface area contributed by atoms with Crippen LogP contribution in [0.5, 0.6) is 5.75 Å². The summed E-state index contributed by atoms with van der Waals surface area (Å²) in [5, 5.41) is 5.34. The summed E-state index contributed by atoms with van der Waals surface area (Å²) >= 11 is 1.31. The molecule has 0 amide bonds. The van der Waals surface area contributed by atoms with Gasteiger partial charge in [-0.15, -0.1) is 11.3 Å². The monoisotopic (exact) mass is 398 g/mol.